The molecule has 0 spiro atoms. The molecule has 4 amide bonds. The van der Waals surface area contributed by atoms with Crippen LogP contribution in [0.2, 0.25) is 0 Å². The number of alkyl carbamates (subject to hydrolysis) is 1. The molecule has 18 heteroatoms. The number of aldehydes is 1. The van der Waals surface area contributed by atoms with Crippen LogP contribution in [0.3, 0.4) is 0 Å². The van der Waals surface area contributed by atoms with Crippen molar-refractivity contribution in [2.24, 2.45) is 5.73 Å². The monoisotopic (exact) mass is 994 g/mol. The molecule has 5 unspecified atom stereocenters. The van der Waals surface area contributed by atoms with E-state index in [0.717, 1.165) is 16.7 Å². The largest absolute Gasteiger partial charge is 0.460 e. The Bertz CT molecular complexity index is 2300. The van der Waals surface area contributed by atoms with Gasteiger partial charge in [-0.15, -0.1) is 11.8 Å². The summed E-state index contributed by atoms with van der Waals surface area (Å²) in [6.45, 7) is 13.4. The lowest BCUT2D eigenvalue weighted by Gasteiger charge is -2.38. The molecular formula is C53H66N6O11S. The van der Waals surface area contributed by atoms with Crippen LogP contribution in [0.15, 0.2) is 128 Å². The number of amides is 4. The van der Waals surface area contributed by atoms with E-state index in [1.54, 1.807) is 32.9 Å². The van der Waals surface area contributed by atoms with Gasteiger partial charge in [-0.1, -0.05) is 116 Å². The van der Waals surface area contributed by atoms with Crippen molar-refractivity contribution in [1.29, 1.82) is 0 Å². The second-order valence-electron chi connectivity index (χ2n) is 18.8. The molecule has 5 rings (SSSR count). The SMILES string of the molecule is C=CCOC(=O)C(Cc1ccc(OC(=O)NCCC(NC2OC2OC(C)(C)C)C(=O)NCC(=O)NC(C=O)(CN)CSC(c2ccccc2)(c2ccccc2)c2ccccc2)cc1)NC(=O)OC(C)(C)C. The highest BCUT2D eigenvalue weighted by atomic mass is 32.2. The van der Waals surface area contributed by atoms with Gasteiger partial charge in [0.2, 0.25) is 11.8 Å². The number of benzene rings is 4. The van der Waals surface area contributed by atoms with E-state index < -0.39 is 82.6 Å². The lowest BCUT2D eigenvalue weighted by atomic mass is 9.84. The van der Waals surface area contributed by atoms with Crippen LogP contribution in [0.4, 0.5) is 9.59 Å². The van der Waals surface area contributed by atoms with Gasteiger partial charge in [0.25, 0.3) is 0 Å². The van der Waals surface area contributed by atoms with Crippen LogP contribution in [-0.4, -0.2) is 110 Å². The van der Waals surface area contributed by atoms with Crippen LogP contribution in [0.25, 0.3) is 0 Å². The van der Waals surface area contributed by atoms with Gasteiger partial charge in [0.1, 0.15) is 35.8 Å². The van der Waals surface area contributed by atoms with Gasteiger partial charge in [0.05, 0.1) is 22.9 Å². The first-order valence-electron chi connectivity index (χ1n) is 23.3. The predicted octanol–water partition coefficient (Wildman–Crippen LogP) is 5.64. The number of rotatable bonds is 25. The quantitative estimate of drug-likeness (QED) is 0.0155. The van der Waals surface area contributed by atoms with Crippen LogP contribution < -0.4 is 37.1 Å². The number of hydrogen-bond donors (Lipinski definition) is 6. The van der Waals surface area contributed by atoms with E-state index in [2.05, 4.69) is 33.2 Å². The Morgan fingerprint density at radius 1 is 0.775 bits per heavy atom. The van der Waals surface area contributed by atoms with Gasteiger partial charge in [-0.3, -0.25) is 14.9 Å². The maximum absolute atomic E-state index is 13.8. The number of thioether (sulfide) groups is 1. The molecule has 1 fully saturated rings. The van der Waals surface area contributed by atoms with E-state index in [-0.39, 0.29) is 44.0 Å². The first-order chi connectivity index (χ1) is 33.8. The van der Waals surface area contributed by atoms with Crippen molar-refractivity contribution in [2.75, 3.05) is 32.0 Å². The zero-order chi connectivity index (χ0) is 51.7. The molecule has 4 aromatic carbocycles. The van der Waals surface area contributed by atoms with E-state index in [4.69, 9.17) is 29.4 Å². The molecule has 1 saturated heterocycles. The van der Waals surface area contributed by atoms with Crippen LogP contribution in [-0.2, 0) is 49.3 Å². The normalized spacial score (nSPS) is 16.2. The van der Waals surface area contributed by atoms with Gasteiger partial charge in [-0.05, 0) is 82.3 Å². The standard InChI is InChI=1S/C53H66N6O11S/c1-8-30-66-46(63)42(58-49(65)70-51(5,6)7)31-36-24-26-40(27-25-36)67-48(64)55-29-28-41(57-45-47(68-45)69-50(2,3)4)44(62)56-32-43(61)59-52(33-54,34-60)35-71-53(37-18-12-9-13-19-37,38-20-14-10-15-21-38)39-22-16-11-17-23-39/h8-27,34,41-42,45,47,57H,1,28-33,35,54H2,2-7H3,(H,55,64)(H,56,62)(H,58,65)(H,59,61). The molecule has 0 radical (unpaired) electrons. The molecule has 1 aliphatic rings. The Labute approximate surface area is 419 Å². The van der Waals surface area contributed by atoms with E-state index in [1.807, 2.05) is 112 Å². The van der Waals surface area contributed by atoms with Gasteiger partial charge < -0.3 is 55.5 Å². The molecule has 4 aromatic rings. The molecule has 5 atom stereocenters. The molecule has 1 aliphatic heterocycles. The van der Waals surface area contributed by atoms with Crippen molar-refractivity contribution < 1.29 is 52.5 Å². The zero-order valence-corrected chi connectivity index (χ0v) is 41.9. The molecule has 71 heavy (non-hydrogen) atoms. The van der Waals surface area contributed by atoms with E-state index in [1.165, 1.54) is 30.0 Å². The average molecular weight is 995 g/mol. The van der Waals surface area contributed by atoms with Gasteiger partial charge in [0, 0.05) is 25.3 Å². The number of nitrogens with two attached hydrogens (primary N) is 1. The molecule has 0 aliphatic carbocycles. The number of carbonyl (C=O) groups excluding carboxylic acids is 6. The molecule has 17 nitrogen and oxygen atoms in total. The summed E-state index contributed by atoms with van der Waals surface area (Å²) in [5.41, 5.74) is 6.94. The Morgan fingerprint density at radius 3 is 1.86 bits per heavy atom. The zero-order valence-electron chi connectivity index (χ0n) is 41.1. The maximum Gasteiger partial charge on any atom is 0.412 e. The van der Waals surface area contributed by atoms with Crippen molar-refractivity contribution in [3.05, 3.63) is 150 Å². The fourth-order valence-corrected chi connectivity index (χ4v) is 8.94. The Hall–Kier alpha value is -6.57. The second kappa shape index (κ2) is 25.5. The summed E-state index contributed by atoms with van der Waals surface area (Å²) in [4.78, 5) is 78.6. The first kappa shape index (κ1) is 55.4. The van der Waals surface area contributed by atoms with Crippen LogP contribution in [0, 0.1) is 0 Å². The highest BCUT2D eigenvalue weighted by Gasteiger charge is 2.45. The van der Waals surface area contributed by atoms with Gasteiger partial charge >= 0.3 is 18.2 Å². The van der Waals surface area contributed by atoms with Crippen molar-refractivity contribution in [2.45, 2.75) is 100 Å². The summed E-state index contributed by atoms with van der Waals surface area (Å²) in [5.74, 6) is -1.66. The smallest absolute Gasteiger partial charge is 0.412 e. The van der Waals surface area contributed by atoms with Gasteiger partial charge in [-0.25, -0.2) is 14.4 Å². The first-order valence-corrected chi connectivity index (χ1v) is 24.2. The van der Waals surface area contributed by atoms with Crippen LogP contribution in [0.5, 0.6) is 5.75 Å². The summed E-state index contributed by atoms with van der Waals surface area (Å²) in [7, 11) is 0. The third kappa shape index (κ3) is 17.1. The van der Waals surface area contributed by atoms with Gasteiger partial charge in [0.15, 0.2) is 12.5 Å². The summed E-state index contributed by atoms with van der Waals surface area (Å²) in [6.07, 6.45) is -0.755. The third-order valence-electron chi connectivity index (χ3n) is 10.7. The minimum absolute atomic E-state index is 0.0375. The summed E-state index contributed by atoms with van der Waals surface area (Å²) in [5, 5.41) is 13.7. The van der Waals surface area contributed by atoms with Crippen LogP contribution in [0.1, 0.15) is 70.2 Å². The van der Waals surface area contributed by atoms with E-state index in [0.29, 0.717) is 11.8 Å². The lowest BCUT2D eigenvalue weighted by Crippen LogP contribution is -2.59. The maximum atomic E-state index is 13.8. The number of hydrogen-bond acceptors (Lipinski definition) is 14. The Kier molecular flexibility index (Phi) is 19.9. The Morgan fingerprint density at radius 2 is 1.35 bits per heavy atom. The second-order valence-corrected chi connectivity index (χ2v) is 19.9. The highest BCUT2D eigenvalue weighted by Crippen LogP contribution is 2.49. The van der Waals surface area contributed by atoms with E-state index >= 15 is 0 Å². The number of ether oxygens (including phenoxy) is 5. The molecule has 0 aromatic heterocycles. The third-order valence-corrected chi connectivity index (χ3v) is 12.5. The minimum atomic E-state index is -1.52. The predicted molar refractivity (Wildman–Crippen MR) is 270 cm³/mol. The van der Waals surface area contributed by atoms with Gasteiger partial charge in [-0.2, -0.15) is 0 Å². The topological polar surface area (TPSA) is 238 Å². The van der Waals surface area contributed by atoms with Crippen molar-refractivity contribution >= 4 is 48.0 Å². The van der Waals surface area contributed by atoms with Crippen molar-refractivity contribution in [3.8, 4) is 5.75 Å². The summed E-state index contributed by atoms with van der Waals surface area (Å²) >= 11 is 1.47. The molecular weight excluding hydrogens is 929 g/mol. The summed E-state index contributed by atoms with van der Waals surface area (Å²) in [6, 6.07) is 33.9. The number of carbonyl (C=O) groups is 6. The van der Waals surface area contributed by atoms with Crippen molar-refractivity contribution in [3.63, 3.8) is 0 Å². The van der Waals surface area contributed by atoms with E-state index in [9.17, 15) is 28.8 Å². The minimum Gasteiger partial charge on any atom is -0.460 e. The number of nitrogens with one attached hydrogen (secondary N) is 5. The number of esters is 1. The Balaban J connectivity index is 1.21. The molecule has 0 bridgehead atoms. The fraction of sp³-hybridized carbons (Fsp3) is 0.396. The molecule has 380 valence electrons. The summed E-state index contributed by atoms with van der Waals surface area (Å²) < 4.78 is 26.7. The molecule has 7 N–H and O–H groups in total. The lowest BCUT2D eigenvalue weighted by molar-refractivity contribution is -0.145. The fourth-order valence-electron chi connectivity index (χ4n) is 7.29. The number of epoxide rings is 1. The highest BCUT2D eigenvalue weighted by molar-refractivity contribution is 8.00. The van der Waals surface area contributed by atoms with Crippen molar-refractivity contribution in [1.82, 2.24) is 26.6 Å². The molecule has 1 heterocycles. The molecule has 0 saturated carbocycles. The average Bonchev–Trinajstić information content (AvgIpc) is 4.07. The van der Waals surface area contributed by atoms with Crippen LogP contribution >= 0.6 is 11.8 Å².